The zero-order chi connectivity index (χ0) is 15.7. The quantitative estimate of drug-likeness (QED) is 0.663. The van der Waals surface area contributed by atoms with Gasteiger partial charge in [0.25, 0.3) is 0 Å². The number of ether oxygens (including phenoxy) is 1. The molecule has 0 aromatic heterocycles. The Labute approximate surface area is 130 Å². The fraction of sp³-hybridized carbons (Fsp3) is 0.529. The second kappa shape index (κ2) is 5.63. The van der Waals surface area contributed by atoms with E-state index in [4.69, 9.17) is 4.74 Å². The number of aromatic hydroxyl groups is 1. The number of benzene rings is 1. The van der Waals surface area contributed by atoms with Crippen LogP contribution in [0.4, 0.5) is 0 Å². The van der Waals surface area contributed by atoms with Crippen LogP contribution in [-0.4, -0.2) is 24.3 Å². The minimum Gasteiger partial charge on any atom is -0.504 e. The number of amides is 1. The van der Waals surface area contributed by atoms with Gasteiger partial charge >= 0.3 is 0 Å². The van der Waals surface area contributed by atoms with Crippen LogP contribution in [0.25, 0.3) is 0 Å². The molecule has 5 heteroatoms. The average molecular weight is 302 g/mol. The normalized spacial score (nSPS) is 29.9. The number of phenolic OH excluding ortho intramolecular Hbond substituents is 1. The van der Waals surface area contributed by atoms with Crippen LogP contribution >= 0.6 is 0 Å². The molecule has 0 unspecified atom stereocenters. The Balaban J connectivity index is 1.59. The molecule has 5 nitrogen and oxygen atoms in total. The summed E-state index contributed by atoms with van der Waals surface area (Å²) in [4.78, 5) is 12.3. The van der Waals surface area contributed by atoms with Gasteiger partial charge in [0.1, 0.15) is 0 Å². The molecular formula is C17H22N2O3. The molecule has 3 rings (SSSR count). The highest BCUT2D eigenvalue weighted by molar-refractivity contribution is 5.86. The van der Waals surface area contributed by atoms with Crippen LogP contribution < -0.4 is 10.2 Å². The van der Waals surface area contributed by atoms with Crippen LogP contribution in [0.15, 0.2) is 23.3 Å². The van der Waals surface area contributed by atoms with Crippen LogP contribution in [0.1, 0.15) is 38.2 Å². The van der Waals surface area contributed by atoms with Gasteiger partial charge in [0.15, 0.2) is 11.5 Å². The maximum atomic E-state index is 12.3. The van der Waals surface area contributed by atoms with E-state index in [-0.39, 0.29) is 23.0 Å². The summed E-state index contributed by atoms with van der Waals surface area (Å²) in [5.74, 6) is 1.14. The maximum absolute atomic E-state index is 12.3. The fourth-order valence-electron chi connectivity index (χ4n) is 3.86. The van der Waals surface area contributed by atoms with Crippen molar-refractivity contribution >= 4 is 12.1 Å². The predicted molar refractivity (Wildman–Crippen MR) is 84.0 cm³/mol. The van der Waals surface area contributed by atoms with Gasteiger partial charge in [-0.2, -0.15) is 5.10 Å². The molecule has 2 saturated carbocycles. The zero-order valence-corrected chi connectivity index (χ0v) is 13.0. The molecule has 0 saturated heterocycles. The second-order valence-electron chi connectivity index (χ2n) is 6.50. The standard InChI is InChI=1S/C17H22N2O3/c1-17-8-4-3-5-12(17)15(17)16(21)19-18-10-11-6-7-13(20)14(9-11)22-2/h6-7,9-10,12,15,20H,3-5,8H2,1-2H3,(H,19,21)/b18-10-/t12-,15-,17-/m0/s1. The summed E-state index contributed by atoms with van der Waals surface area (Å²) in [7, 11) is 1.49. The first-order chi connectivity index (χ1) is 10.6. The van der Waals surface area contributed by atoms with Gasteiger partial charge in [-0.3, -0.25) is 4.79 Å². The largest absolute Gasteiger partial charge is 0.504 e. The van der Waals surface area contributed by atoms with E-state index in [0.717, 1.165) is 18.4 Å². The molecule has 0 heterocycles. The predicted octanol–water partition coefficient (Wildman–Crippen LogP) is 2.68. The molecule has 1 aromatic carbocycles. The fourth-order valence-corrected chi connectivity index (χ4v) is 3.86. The number of methoxy groups -OCH3 is 1. The monoisotopic (exact) mass is 302 g/mol. The molecule has 22 heavy (non-hydrogen) atoms. The van der Waals surface area contributed by atoms with Crippen molar-refractivity contribution in [1.29, 1.82) is 0 Å². The van der Waals surface area contributed by atoms with E-state index in [1.165, 1.54) is 20.0 Å². The highest BCUT2D eigenvalue weighted by atomic mass is 16.5. The molecule has 2 aliphatic rings. The van der Waals surface area contributed by atoms with Crippen LogP contribution in [0.2, 0.25) is 0 Å². The minimum atomic E-state index is 0.0244. The summed E-state index contributed by atoms with van der Waals surface area (Å²) < 4.78 is 5.04. The molecule has 0 radical (unpaired) electrons. The van der Waals surface area contributed by atoms with Crippen molar-refractivity contribution in [2.24, 2.45) is 22.4 Å². The molecule has 2 fully saturated rings. The van der Waals surface area contributed by atoms with Crippen molar-refractivity contribution in [2.75, 3.05) is 7.11 Å². The first-order valence-corrected chi connectivity index (χ1v) is 7.76. The third-order valence-corrected chi connectivity index (χ3v) is 5.21. The Bertz CT molecular complexity index is 614. The third kappa shape index (κ3) is 2.56. The number of carbonyl (C=O) groups is 1. The van der Waals surface area contributed by atoms with Crippen molar-refractivity contribution in [3.63, 3.8) is 0 Å². The lowest BCUT2D eigenvalue weighted by molar-refractivity contribution is -0.123. The van der Waals surface area contributed by atoms with Crippen LogP contribution in [0.3, 0.4) is 0 Å². The Morgan fingerprint density at radius 2 is 2.32 bits per heavy atom. The number of nitrogens with one attached hydrogen (secondary N) is 1. The molecular weight excluding hydrogens is 280 g/mol. The van der Waals surface area contributed by atoms with Gasteiger partial charge in [-0.05, 0) is 47.9 Å². The minimum absolute atomic E-state index is 0.0244. The molecule has 0 bridgehead atoms. The SMILES string of the molecule is COc1cc(/C=N\NC(=O)[C@@H]2[C@@H]3CCCC[C@]23C)ccc1O. The van der Waals surface area contributed by atoms with E-state index in [9.17, 15) is 9.90 Å². The van der Waals surface area contributed by atoms with Crippen molar-refractivity contribution in [3.8, 4) is 11.5 Å². The van der Waals surface area contributed by atoms with Crippen LogP contribution in [0, 0.1) is 17.3 Å². The number of fused-ring (bicyclic) bond motifs is 1. The number of nitrogens with zero attached hydrogens (tertiary/aromatic N) is 1. The summed E-state index contributed by atoms with van der Waals surface area (Å²) in [6.07, 6.45) is 6.34. The number of hydrogen-bond donors (Lipinski definition) is 2. The van der Waals surface area contributed by atoms with Gasteiger partial charge in [0.05, 0.1) is 13.3 Å². The molecule has 2 aliphatic carbocycles. The number of rotatable bonds is 4. The highest BCUT2D eigenvalue weighted by Crippen LogP contribution is 2.66. The number of hydrogen-bond acceptors (Lipinski definition) is 4. The van der Waals surface area contributed by atoms with E-state index in [0.29, 0.717) is 11.7 Å². The van der Waals surface area contributed by atoms with Gasteiger partial charge in [0.2, 0.25) is 5.91 Å². The van der Waals surface area contributed by atoms with Gasteiger partial charge < -0.3 is 9.84 Å². The lowest BCUT2D eigenvalue weighted by Crippen LogP contribution is -2.22. The Hall–Kier alpha value is -2.04. The summed E-state index contributed by atoms with van der Waals surface area (Å²) >= 11 is 0. The molecule has 2 N–H and O–H groups in total. The smallest absolute Gasteiger partial charge is 0.244 e. The lowest BCUT2D eigenvalue weighted by Gasteiger charge is -2.15. The zero-order valence-electron chi connectivity index (χ0n) is 13.0. The van der Waals surface area contributed by atoms with Crippen molar-refractivity contribution in [1.82, 2.24) is 5.43 Å². The summed E-state index contributed by atoms with van der Waals surface area (Å²) in [6, 6.07) is 4.92. The molecule has 3 atom stereocenters. The molecule has 1 aromatic rings. The van der Waals surface area contributed by atoms with Gasteiger partial charge in [-0.25, -0.2) is 5.43 Å². The van der Waals surface area contributed by atoms with E-state index < -0.39 is 0 Å². The lowest BCUT2D eigenvalue weighted by atomic mass is 9.90. The maximum Gasteiger partial charge on any atom is 0.244 e. The van der Waals surface area contributed by atoms with Crippen LogP contribution in [0.5, 0.6) is 11.5 Å². The topological polar surface area (TPSA) is 70.9 Å². The Morgan fingerprint density at radius 1 is 1.50 bits per heavy atom. The van der Waals surface area contributed by atoms with Gasteiger partial charge in [0, 0.05) is 5.92 Å². The molecule has 0 spiro atoms. The van der Waals surface area contributed by atoms with Crippen molar-refractivity contribution in [3.05, 3.63) is 23.8 Å². The van der Waals surface area contributed by atoms with Crippen molar-refractivity contribution < 1.29 is 14.6 Å². The van der Waals surface area contributed by atoms with E-state index in [2.05, 4.69) is 17.5 Å². The highest BCUT2D eigenvalue weighted by Gasteiger charge is 2.64. The first kappa shape index (κ1) is 14.9. The number of carbonyl (C=O) groups excluding carboxylic acids is 1. The molecule has 0 aliphatic heterocycles. The van der Waals surface area contributed by atoms with Crippen molar-refractivity contribution in [2.45, 2.75) is 32.6 Å². The number of hydrazone groups is 1. The van der Waals surface area contributed by atoms with Gasteiger partial charge in [-0.15, -0.1) is 0 Å². The van der Waals surface area contributed by atoms with E-state index in [1.807, 2.05) is 0 Å². The van der Waals surface area contributed by atoms with E-state index >= 15 is 0 Å². The third-order valence-electron chi connectivity index (χ3n) is 5.21. The summed E-state index contributed by atoms with van der Waals surface area (Å²) in [5.41, 5.74) is 3.61. The molecule has 1 amide bonds. The second-order valence-corrected chi connectivity index (χ2v) is 6.50. The number of phenols is 1. The Morgan fingerprint density at radius 3 is 3.00 bits per heavy atom. The Kier molecular flexibility index (Phi) is 3.81. The molecule has 118 valence electrons. The van der Waals surface area contributed by atoms with Gasteiger partial charge in [-0.1, -0.05) is 19.8 Å². The first-order valence-electron chi connectivity index (χ1n) is 7.76. The summed E-state index contributed by atoms with van der Waals surface area (Å²) in [5, 5.41) is 13.6. The van der Waals surface area contributed by atoms with E-state index in [1.54, 1.807) is 24.4 Å². The summed E-state index contributed by atoms with van der Waals surface area (Å²) in [6.45, 7) is 2.22. The average Bonchev–Trinajstić information content (AvgIpc) is 3.14. The van der Waals surface area contributed by atoms with Crippen LogP contribution in [-0.2, 0) is 4.79 Å².